The van der Waals surface area contributed by atoms with E-state index in [1.54, 1.807) is 0 Å². The van der Waals surface area contributed by atoms with Gasteiger partial charge in [-0.25, -0.2) is 4.57 Å². The molecule has 0 saturated heterocycles. The normalized spacial score (nSPS) is 11.3. The monoisotopic (exact) mass is 411 g/mol. The molecule has 30 heavy (non-hydrogen) atoms. The molecule has 0 aliphatic carbocycles. The van der Waals surface area contributed by atoms with E-state index in [0.717, 1.165) is 0 Å². The highest BCUT2D eigenvalue weighted by Crippen LogP contribution is 2.15. The number of nitrogens with zero attached hydrogens (tertiary/aromatic N) is 2. The lowest BCUT2D eigenvalue weighted by molar-refractivity contribution is -0.704. The average Bonchev–Trinajstić information content (AvgIpc) is 3.18. The van der Waals surface area contributed by atoms with Gasteiger partial charge in [0.2, 0.25) is 0 Å². The van der Waals surface area contributed by atoms with Crippen LogP contribution in [0.5, 0.6) is 0 Å². The van der Waals surface area contributed by atoms with Crippen LogP contribution in [0.1, 0.15) is 116 Å². The molecule has 1 aromatic carbocycles. The highest BCUT2D eigenvalue weighted by atomic mass is 15.1. The quantitative estimate of drug-likeness (QED) is 0.173. The first-order chi connectivity index (χ1) is 14.9. The minimum absolute atomic E-state index is 1.17. The van der Waals surface area contributed by atoms with Crippen LogP contribution in [0.3, 0.4) is 0 Å². The second-order valence-corrected chi connectivity index (χ2v) is 8.96. The third kappa shape index (κ3) is 9.49. The van der Waals surface area contributed by atoms with Crippen LogP contribution in [-0.2, 0) is 13.0 Å². The molecule has 0 unspecified atom stereocenters. The molecule has 1 aromatic heterocycles. The Morgan fingerprint density at radius 3 is 1.77 bits per heavy atom. The van der Waals surface area contributed by atoms with E-state index in [1.165, 1.54) is 121 Å². The third-order valence-electron chi connectivity index (χ3n) is 6.30. The zero-order chi connectivity index (χ0) is 21.3. The molecule has 0 aliphatic heterocycles. The first-order valence-corrected chi connectivity index (χ1v) is 13.0. The molecule has 0 amide bonds. The molecule has 168 valence electrons. The standard InChI is InChI=1S/C28H47N2/c1-3-5-7-9-11-12-13-14-19-23-28-29(24-20-15-10-8-6-4-2)25-26-30(28)27-21-17-16-18-22-27/h16-18,21-22,25-26H,3-15,19-20,23-24H2,1-2H3/q+1. The lowest BCUT2D eigenvalue weighted by Crippen LogP contribution is -2.37. The fourth-order valence-electron chi connectivity index (χ4n) is 4.41. The van der Waals surface area contributed by atoms with Gasteiger partial charge in [-0.1, -0.05) is 109 Å². The molecule has 0 fully saturated rings. The minimum atomic E-state index is 1.17. The highest BCUT2D eigenvalue weighted by molar-refractivity contribution is 5.31. The van der Waals surface area contributed by atoms with Crippen molar-refractivity contribution in [2.45, 2.75) is 123 Å². The molecule has 0 saturated carbocycles. The maximum absolute atomic E-state index is 2.53. The molecular weight excluding hydrogens is 364 g/mol. The third-order valence-corrected chi connectivity index (χ3v) is 6.30. The largest absolute Gasteiger partial charge is 0.261 e. The number of aromatic nitrogens is 2. The molecule has 0 radical (unpaired) electrons. The molecule has 0 atom stereocenters. The van der Waals surface area contributed by atoms with E-state index in [1.807, 2.05) is 0 Å². The summed E-state index contributed by atoms with van der Waals surface area (Å²) in [5.41, 5.74) is 1.30. The zero-order valence-corrected chi connectivity index (χ0v) is 20.0. The van der Waals surface area contributed by atoms with Crippen molar-refractivity contribution in [1.82, 2.24) is 4.57 Å². The van der Waals surface area contributed by atoms with Crippen molar-refractivity contribution >= 4 is 0 Å². The first kappa shape index (κ1) is 24.7. The smallest absolute Gasteiger partial charge is 0.234 e. The van der Waals surface area contributed by atoms with Crippen LogP contribution < -0.4 is 4.57 Å². The van der Waals surface area contributed by atoms with Gasteiger partial charge in [-0.3, -0.25) is 0 Å². The van der Waals surface area contributed by atoms with Gasteiger partial charge in [0, 0.05) is 6.42 Å². The van der Waals surface area contributed by atoms with E-state index in [-0.39, 0.29) is 0 Å². The number of benzene rings is 1. The van der Waals surface area contributed by atoms with Gasteiger partial charge in [0.15, 0.2) is 0 Å². The first-order valence-electron chi connectivity index (χ1n) is 13.0. The van der Waals surface area contributed by atoms with E-state index >= 15 is 0 Å². The molecule has 1 heterocycles. The molecule has 2 aromatic rings. The predicted molar refractivity (Wildman–Crippen MR) is 130 cm³/mol. The molecule has 0 spiro atoms. The maximum Gasteiger partial charge on any atom is 0.261 e. The number of imidazole rings is 1. The maximum atomic E-state index is 2.53. The number of hydrogen-bond acceptors (Lipinski definition) is 0. The summed E-state index contributed by atoms with van der Waals surface area (Å²) in [6, 6.07) is 10.9. The van der Waals surface area contributed by atoms with E-state index in [9.17, 15) is 0 Å². The van der Waals surface area contributed by atoms with Crippen molar-refractivity contribution in [3.05, 3.63) is 48.5 Å². The SMILES string of the molecule is CCCCCCCCCCCc1n(-c2ccccc2)cc[n+]1CCCCCCCC. The Morgan fingerprint density at radius 1 is 0.633 bits per heavy atom. The number of aryl methyl sites for hydroxylation is 1. The highest BCUT2D eigenvalue weighted by Gasteiger charge is 2.18. The number of rotatable bonds is 18. The van der Waals surface area contributed by atoms with Gasteiger partial charge in [-0.2, -0.15) is 4.57 Å². The molecular formula is C28H47N2+. The average molecular weight is 412 g/mol. The van der Waals surface area contributed by atoms with E-state index in [2.05, 4.69) is 65.7 Å². The number of hydrogen-bond donors (Lipinski definition) is 0. The van der Waals surface area contributed by atoms with Gasteiger partial charge in [0.1, 0.15) is 18.1 Å². The molecule has 2 nitrogen and oxygen atoms in total. The Morgan fingerprint density at radius 2 is 1.17 bits per heavy atom. The van der Waals surface area contributed by atoms with Crippen LogP contribution in [0.4, 0.5) is 0 Å². The summed E-state index contributed by atoms with van der Waals surface area (Å²) in [7, 11) is 0. The molecule has 0 N–H and O–H groups in total. The predicted octanol–water partition coefficient (Wildman–Crippen LogP) is 8.20. The second-order valence-electron chi connectivity index (χ2n) is 8.96. The Bertz CT molecular complexity index is 644. The molecule has 0 aliphatic rings. The van der Waals surface area contributed by atoms with Gasteiger partial charge < -0.3 is 0 Å². The van der Waals surface area contributed by atoms with Crippen molar-refractivity contribution in [3.8, 4) is 5.69 Å². The molecule has 2 rings (SSSR count). The fraction of sp³-hybridized carbons (Fsp3) is 0.679. The van der Waals surface area contributed by atoms with E-state index < -0.39 is 0 Å². The minimum Gasteiger partial charge on any atom is -0.234 e. The van der Waals surface area contributed by atoms with Gasteiger partial charge in [0.05, 0.1) is 6.54 Å². The van der Waals surface area contributed by atoms with Gasteiger partial charge in [-0.05, 0) is 31.4 Å². The van der Waals surface area contributed by atoms with Crippen LogP contribution in [0.25, 0.3) is 5.69 Å². The van der Waals surface area contributed by atoms with Crippen LogP contribution in [0.2, 0.25) is 0 Å². The zero-order valence-electron chi connectivity index (χ0n) is 20.0. The Kier molecular flexibility index (Phi) is 13.3. The Labute approximate surface area is 186 Å². The summed E-state index contributed by atoms with van der Waals surface area (Å²) in [6.07, 6.45) is 26.5. The number of para-hydroxylation sites is 1. The summed E-state index contributed by atoms with van der Waals surface area (Å²) in [4.78, 5) is 0. The molecule has 2 heteroatoms. The summed E-state index contributed by atoms with van der Waals surface area (Å²) >= 11 is 0. The Hall–Kier alpha value is -1.57. The summed E-state index contributed by atoms with van der Waals surface area (Å²) in [5.74, 6) is 1.48. The molecule has 0 bridgehead atoms. The van der Waals surface area contributed by atoms with E-state index in [0.29, 0.717) is 0 Å². The van der Waals surface area contributed by atoms with Crippen LogP contribution in [0.15, 0.2) is 42.7 Å². The second kappa shape index (κ2) is 16.2. The summed E-state index contributed by atoms with van der Waals surface area (Å²) in [6.45, 7) is 5.75. The van der Waals surface area contributed by atoms with Gasteiger partial charge in [0.25, 0.3) is 5.82 Å². The summed E-state index contributed by atoms with van der Waals surface area (Å²) in [5, 5.41) is 0. The van der Waals surface area contributed by atoms with Gasteiger partial charge in [-0.15, -0.1) is 0 Å². The van der Waals surface area contributed by atoms with Crippen molar-refractivity contribution in [3.63, 3.8) is 0 Å². The Balaban J connectivity index is 1.82. The number of unbranched alkanes of at least 4 members (excludes halogenated alkanes) is 13. The topological polar surface area (TPSA) is 8.81 Å². The fourth-order valence-corrected chi connectivity index (χ4v) is 4.41. The van der Waals surface area contributed by atoms with Crippen molar-refractivity contribution in [1.29, 1.82) is 0 Å². The van der Waals surface area contributed by atoms with Crippen LogP contribution in [-0.4, -0.2) is 4.57 Å². The van der Waals surface area contributed by atoms with Crippen molar-refractivity contribution < 1.29 is 4.57 Å². The van der Waals surface area contributed by atoms with Crippen LogP contribution in [0, 0.1) is 0 Å². The summed E-state index contributed by atoms with van der Waals surface area (Å²) < 4.78 is 4.94. The van der Waals surface area contributed by atoms with Gasteiger partial charge >= 0.3 is 0 Å². The van der Waals surface area contributed by atoms with Crippen molar-refractivity contribution in [2.75, 3.05) is 0 Å². The van der Waals surface area contributed by atoms with Crippen LogP contribution >= 0.6 is 0 Å². The van der Waals surface area contributed by atoms with Crippen molar-refractivity contribution in [2.24, 2.45) is 0 Å². The van der Waals surface area contributed by atoms with E-state index in [4.69, 9.17) is 0 Å². The lowest BCUT2D eigenvalue weighted by atomic mass is 10.1. The lowest BCUT2D eigenvalue weighted by Gasteiger charge is -2.06.